The van der Waals surface area contributed by atoms with Crippen LogP contribution in [0.25, 0.3) is 0 Å². The van der Waals surface area contributed by atoms with E-state index in [2.05, 4.69) is 10.1 Å². The number of hydrogen-bond donors (Lipinski definition) is 1. The zero-order valence-electron chi connectivity index (χ0n) is 11.5. The van der Waals surface area contributed by atoms with Crippen LogP contribution in [-0.4, -0.2) is 22.4 Å². The molecule has 1 aromatic carbocycles. The van der Waals surface area contributed by atoms with Crippen molar-refractivity contribution in [2.75, 3.05) is 7.11 Å². The second kappa shape index (κ2) is 5.91. The Morgan fingerprint density at radius 2 is 2.24 bits per heavy atom. The molecule has 0 spiro atoms. The summed E-state index contributed by atoms with van der Waals surface area (Å²) >= 11 is 6.14. The van der Waals surface area contributed by atoms with Gasteiger partial charge in [0.2, 0.25) is 0 Å². The highest BCUT2D eigenvalue weighted by atomic mass is 35.5. The summed E-state index contributed by atoms with van der Waals surface area (Å²) in [5.74, 6) is 2.42. The topological polar surface area (TPSA) is 77.6 Å². The molecule has 112 valence electrons. The Labute approximate surface area is 126 Å². The van der Waals surface area contributed by atoms with E-state index in [-0.39, 0.29) is 13.2 Å². The van der Waals surface area contributed by atoms with E-state index in [0.29, 0.717) is 33.9 Å². The van der Waals surface area contributed by atoms with Crippen LogP contribution in [0.1, 0.15) is 36.0 Å². The molecule has 1 N–H and O–H groups in total. The van der Waals surface area contributed by atoms with Gasteiger partial charge in [-0.15, -0.1) is 0 Å². The van der Waals surface area contributed by atoms with Gasteiger partial charge in [0.1, 0.15) is 0 Å². The van der Waals surface area contributed by atoms with Gasteiger partial charge in [0.15, 0.2) is 23.9 Å². The molecule has 0 saturated heterocycles. The van der Waals surface area contributed by atoms with Crippen molar-refractivity contribution < 1.29 is 19.1 Å². The lowest BCUT2D eigenvalue weighted by Crippen LogP contribution is -2.00. The molecular formula is C14H15ClN2O4. The summed E-state index contributed by atoms with van der Waals surface area (Å²) in [5.41, 5.74) is 0.651. The average Bonchev–Trinajstić information content (AvgIpc) is 3.24. The average molecular weight is 311 g/mol. The van der Waals surface area contributed by atoms with Gasteiger partial charge < -0.3 is 19.1 Å². The SMILES string of the molecule is COc1cc(CO)cc(Cl)c1OCc1nc(C2CC2)no1. The quantitative estimate of drug-likeness (QED) is 0.884. The molecular weight excluding hydrogens is 296 g/mol. The minimum atomic E-state index is -0.120. The van der Waals surface area contributed by atoms with Crippen LogP contribution >= 0.6 is 11.6 Å². The zero-order chi connectivity index (χ0) is 14.8. The van der Waals surface area contributed by atoms with Gasteiger partial charge in [-0.25, -0.2) is 0 Å². The van der Waals surface area contributed by atoms with E-state index >= 15 is 0 Å². The molecule has 2 aromatic rings. The maximum Gasteiger partial charge on any atom is 0.264 e. The van der Waals surface area contributed by atoms with Gasteiger partial charge in [0, 0.05) is 5.92 Å². The van der Waals surface area contributed by atoms with Crippen molar-refractivity contribution in [3.05, 3.63) is 34.4 Å². The monoisotopic (exact) mass is 310 g/mol. The van der Waals surface area contributed by atoms with E-state index in [1.807, 2.05) is 0 Å². The number of nitrogens with zero attached hydrogens (tertiary/aromatic N) is 2. The van der Waals surface area contributed by atoms with Gasteiger partial charge in [-0.2, -0.15) is 4.98 Å². The second-order valence-electron chi connectivity index (χ2n) is 4.88. The van der Waals surface area contributed by atoms with Crippen LogP contribution in [0.15, 0.2) is 16.7 Å². The Hall–Kier alpha value is -1.79. The van der Waals surface area contributed by atoms with E-state index in [0.717, 1.165) is 18.7 Å². The minimum Gasteiger partial charge on any atom is -0.493 e. The van der Waals surface area contributed by atoms with Gasteiger partial charge in [0.25, 0.3) is 5.89 Å². The molecule has 1 aromatic heterocycles. The molecule has 1 saturated carbocycles. The summed E-state index contributed by atoms with van der Waals surface area (Å²) in [4.78, 5) is 4.28. The number of ether oxygens (including phenoxy) is 2. The smallest absolute Gasteiger partial charge is 0.264 e. The highest BCUT2D eigenvalue weighted by Gasteiger charge is 2.28. The van der Waals surface area contributed by atoms with Gasteiger partial charge in [-0.1, -0.05) is 16.8 Å². The molecule has 0 atom stereocenters. The van der Waals surface area contributed by atoms with E-state index in [4.69, 9.17) is 30.7 Å². The first-order valence-electron chi connectivity index (χ1n) is 6.63. The number of methoxy groups -OCH3 is 1. The number of hydrogen-bond acceptors (Lipinski definition) is 6. The predicted octanol–water partition coefficient (Wildman–Crippen LogP) is 2.68. The number of aliphatic hydroxyl groups is 1. The summed E-state index contributed by atoms with van der Waals surface area (Å²) in [5, 5.41) is 13.4. The number of benzene rings is 1. The normalized spacial score (nSPS) is 14.2. The highest BCUT2D eigenvalue weighted by molar-refractivity contribution is 6.32. The first-order chi connectivity index (χ1) is 10.2. The molecule has 0 aliphatic heterocycles. The van der Waals surface area contributed by atoms with E-state index in [1.54, 1.807) is 12.1 Å². The Bertz CT molecular complexity index is 640. The number of aromatic nitrogens is 2. The third kappa shape index (κ3) is 3.11. The number of aliphatic hydroxyl groups excluding tert-OH is 1. The molecule has 0 unspecified atom stereocenters. The van der Waals surface area contributed by atoms with Crippen LogP contribution in [0, 0.1) is 0 Å². The standard InChI is InChI=1S/C14H15ClN2O4/c1-19-11-5-8(6-18)4-10(15)13(11)20-7-12-16-14(17-21-12)9-2-3-9/h4-5,9,18H,2-3,6-7H2,1H3. The molecule has 1 aliphatic carbocycles. The van der Waals surface area contributed by atoms with Crippen molar-refractivity contribution >= 4 is 11.6 Å². The Kier molecular flexibility index (Phi) is 3.98. The molecule has 21 heavy (non-hydrogen) atoms. The third-order valence-electron chi connectivity index (χ3n) is 3.24. The lowest BCUT2D eigenvalue weighted by atomic mass is 10.2. The van der Waals surface area contributed by atoms with E-state index in [1.165, 1.54) is 7.11 Å². The maximum atomic E-state index is 9.15. The van der Waals surface area contributed by atoms with Crippen LogP contribution in [0.5, 0.6) is 11.5 Å². The molecule has 3 rings (SSSR count). The summed E-state index contributed by atoms with van der Waals surface area (Å²) in [7, 11) is 1.51. The first-order valence-corrected chi connectivity index (χ1v) is 7.01. The van der Waals surface area contributed by atoms with Crippen LogP contribution in [-0.2, 0) is 13.2 Å². The second-order valence-corrected chi connectivity index (χ2v) is 5.28. The molecule has 1 aliphatic rings. The summed E-state index contributed by atoms with van der Waals surface area (Å²) in [6.07, 6.45) is 2.23. The van der Waals surface area contributed by atoms with Crippen molar-refractivity contribution in [2.45, 2.75) is 32.0 Å². The summed E-state index contributed by atoms with van der Waals surface area (Å²) in [6.45, 7) is -0.000953. The largest absolute Gasteiger partial charge is 0.493 e. The van der Waals surface area contributed by atoms with Crippen molar-refractivity contribution in [3.63, 3.8) is 0 Å². The number of halogens is 1. The molecule has 1 heterocycles. The van der Waals surface area contributed by atoms with E-state index < -0.39 is 0 Å². The fourth-order valence-corrected chi connectivity index (χ4v) is 2.26. The van der Waals surface area contributed by atoms with Crippen LogP contribution in [0.4, 0.5) is 0 Å². The third-order valence-corrected chi connectivity index (χ3v) is 3.52. The van der Waals surface area contributed by atoms with Gasteiger partial charge in [0.05, 0.1) is 18.7 Å². The molecule has 1 fully saturated rings. The van der Waals surface area contributed by atoms with Crippen molar-refractivity contribution in [1.29, 1.82) is 0 Å². The van der Waals surface area contributed by atoms with E-state index in [9.17, 15) is 0 Å². The van der Waals surface area contributed by atoms with Crippen molar-refractivity contribution in [3.8, 4) is 11.5 Å². The first kappa shape index (κ1) is 14.2. The Balaban J connectivity index is 1.74. The maximum absolute atomic E-state index is 9.15. The van der Waals surface area contributed by atoms with Crippen LogP contribution < -0.4 is 9.47 Å². The van der Waals surface area contributed by atoms with Gasteiger partial charge in [-0.05, 0) is 30.5 Å². The fourth-order valence-electron chi connectivity index (χ4n) is 1.97. The summed E-state index contributed by atoms with van der Waals surface area (Å²) < 4.78 is 16.0. The zero-order valence-corrected chi connectivity index (χ0v) is 12.3. The fraction of sp³-hybridized carbons (Fsp3) is 0.429. The van der Waals surface area contributed by atoms with Gasteiger partial charge in [-0.3, -0.25) is 0 Å². The molecule has 6 nitrogen and oxygen atoms in total. The van der Waals surface area contributed by atoms with Crippen LogP contribution in [0.3, 0.4) is 0 Å². The molecule has 7 heteroatoms. The lowest BCUT2D eigenvalue weighted by Gasteiger charge is -2.12. The minimum absolute atomic E-state index is 0.119. The predicted molar refractivity (Wildman–Crippen MR) is 74.5 cm³/mol. The van der Waals surface area contributed by atoms with Crippen molar-refractivity contribution in [2.24, 2.45) is 0 Å². The number of rotatable bonds is 6. The van der Waals surface area contributed by atoms with Gasteiger partial charge >= 0.3 is 0 Å². The molecule has 0 amide bonds. The lowest BCUT2D eigenvalue weighted by molar-refractivity contribution is 0.232. The molecule has 0 bridgehead atoms. The van der Waals surface area contributed by atoms with Crippen LogP contribution in [0.2, 0.25) is 5.02 Å². The molecule has 0 radical (unpaired) electrons. The highest BCUT2D eigenvalue weighted by Crippen LogP contribution is 2.39. The summed E-state index contributed by atoms with van der Waals surface area (Å²) in [6, 6.07) is 3.30. The Morgan fingerprint density at radius 3 is 2.90 bits per heavy atom. The van der Waals surface area contributed by atoms with Crippen molar-refractivity contribution in [1.82, 2.24) is 10.1 Å². The Morgan fingerprint density at radius 1 is 1.43 bits per heavy atom.